The Hall–Kier alpha value is -2.84. The van der Waals surface area contributed by atoms with Crippen LogP contribution in [0.3, 0.4) is 0 Å². The zero-order valence-corrected chi connectivity index (χ0v) is 13.1. The molecule has 0 amide bonds. The lowest BCUT2D eigenvalue weighted by atomic mass is 10.3. The Balaban J connectivity index is 2.30. The van der Waals surface area contributed by atoms with Gasteiger partial charge in [-0.2, -0.15) is 10.5 Å². The largest absolute Gasteiger partial charge is 0.393 e. The Morgan fingerprint density at radius 1 is 1.14 bits per heavy atom. The predicted octanol–water partition coefficient (Wildman–Crippen LogP) is 2.42. The third-order valence-electron chi connectivity index (χ3n) is 2.79. The SMILES string of the molecule is N#CCN(CC#N)c1ncnc(Nc2ccc(Br)cc2)c1N. The molecule has 3 N–H and O–H groups in total. The normalized spacial score (nSPS) is 9.59. The second kappa shape index (κ2) is 7.25. The molecule has 1 aromatic heterocycles. The second-order valence-electron chi connectivity index (χ2n) is 4.26. The van der Waals surface area contributed by atoms with Crippen LogP contribution in [0.4, 0.5) is 23.0 Å². The summed E-state index contributed by atoms with van der Waals surface area (Å²) in [6.45, 7) is 0.0407. The van der Waals surface area contributed by atoms with Crippen LogP contribution in [0.1, 0.15) is 0 Å². The highest BCUT2D eigenvalue weighted by atomic mass is 79.9. The molecule has 0 radical (unpaired) electrons. The average molecular weight is 358 g/mol. The van der Waals surface area contributed by atoms with Gasteiger partial charge in [-0.05, 0) is 24.3 Å². The van der Waals surface area contributed by atoms with Gasteiger partial charge in [0.1, 0.15) is 25.1 Å². The van der Waals surface area contributed by atoms with E-state index in [1.165, 1.54) is 11.2 Å². The summed E-state index contributed by atoms with van der Waals surface area (Å²) in [6, 6.07) is 11.5. The molecular weight excluding hydrogens is 346 g/mol. The highest BCUT2D eigenvalue weighted by Gasteiger charge is 2.15. The number of anilines is 4. The number of benzene rings is 1. The molecule has 1 aromatic carbocycles. The Bertz CT molecular complexity index is 714. The van der Waals surface area contributed by atoms with Gasteiger partial charge in [-0.1, -0.05) is 15.9 Å². The first-order valence-electron chi connectivity index (χ1n) is 6.27. The molecule has 0 atom stereocenters. The zero-order chi connectivity index (χ0) is 15.9. The molecular formula is C14H12BrN7. The summed E-state index contributed by atoms with van der Waals surface area (Å²) in [5.74, 6) is 0.783. The number of nitrogens with one attached hydrogen (secondary N) is 1. The fourth-order valence-electron chi connectivity index (χ4n) is 1.78. The number of hydrogen-bond acceptors (Lipinski definition) is 7. The van der Waals surface area contributed by atoms with E-state index in [2.05, 4.69) is 31.2 Å². The average Bonchev–Trinajstić information content (AvgIpc) is 2.51. The summed E-state index contributed by atoms with van der Waals surface area (Å²) in [6.07, 6.45) is 1.34. The number of nitriles is 2. The van der Waals surface area contributed by atoms with E-state index < -0.39 is 0 Å². The summed E-state index contributed by atoms with van der Waals surface area (Å²) in [5, 5.41) is 20.8. The van der Waals surface area contributed by atoms with Crippen LogP contribution in [-0.2, 0) is 0 Å². The van der Waals surface area contributed by atoms with Crippen molar-refractivity contribution in [2.45, 2.75) is 0 Å². The fourth-order valence-corrected chi connectivity index (χ4v) is 2.05. The summed E-state index contributed by atoms with van der Waals surface area (Å²) in [4.78, 5) is 9.67. The molecule has 2 rings (SSSR count). The first-order chi connectivity index (χ1) is 10.7. The van der Waals surface area contributed by atoms with Crippen molar-refractivity contribution in [3.05, 3.63) is 35.1 Å². The van der Waals surface area contributed by atoms with E-state index in [1.54, 1.807) is 0 Å². The van der Waals surface area contributed by atoms with Crippen LogP contribution in [0.15, 0.2) is 35.1 Å². The predicted molar refractivity (Wildman–Crippen MR) is 87.3 cm³/mol. The van der Waals surface area contributed by atoms with E-state index in [0.29, 0.717) is 11.6 Å². The Labute approximate surface area is 136 Å². The van der Waals surface area contributed by atoms with Crippen LogP contribution in [0.25, 0.3) is 0 Å². The molecule has 0 saturated carbocycles. The van der Waals surface area contributed by atoms with Gasteiger partial charge >= 0.3 is 0 Å². The van der Waals surface area contributed by atoms with E-state index in [-0.39, 0.29) is 18.8 Å². The lowest BCUT2D eigenvalue weighted by molar-refractivity contribution is 0.930. The molecule has 0 fully saturated rings. The standard InChI is InChI=1S/C14H12BrN7/c15-10-1-3-11(4-2-10)21-13-12(18)14(20-9-19-13)22(7-5-16)8-6-17/h1-4,9H,7-8,18H2,(H,19,20,21). The lowest BCUT2D eigenvalue weighted by Gasteiger charge is -2.20. The molecule has 0 spiro atoms. The number of rotatable bonds is 5. The molecule has 0 unspecified atom stereocenters. The molecule has 1 heterocycles. The van der Waals surface area contributed by atoms with Crippen molar-refractivity contribution in [1.29, 1.82) is 10.5 Å². The van der Waals surface area contributed by atoms with E-state index in [0.717, 1.165) is 10.2 Å². The highest BCUT2D eigenvalue weighted by Crippen LogP contribution is 2.28. The number of aromatic nitrogens is 2. The van der Waals surface area contributed by atoms with Crippen molar-refractivity contribution in [3.8, 4) is 12.1 Å². The number of nitrogens with two attached hydrogens (primary N) is 1. The number of nitrogen functional groups attached to an aromatic ring is 1. The third kappa shape index (κ3) is 3.62. The summed E-state index contributed by atoms with van der Waals surface area (Å²) in [5.41, 5.74) is 7.16. The van der Waals surface area contributed by atoms with Crippen LogP contribution in [-0.4, -0.2) is 23.1 Å². The van der Waals surface area contributed by atoms with Gasteiger partial charge in [-0.25, -0.2) is 9.97 Å². The molecule has 0 saturated heterocycles. The minimum absolute atomic E-state index is 0.0203. The van der Waals surface area contributed by atoms with Crippen molar-refractivity contribution in [2.24, 2.45) is 0 Å². The Morgan fingerprint density at radius 3 is 2.36 bits per heavy atom. The lowest BCUT2D eigenvalue weighted by Crippen LogP contribution is -2.26. The van der Waals surface area contributed by atoms with Gasteiger partial charge < -0.3 is 16.0 Å². The zero-order valence-electron chi connectivity index (χ0n) is 11.5. The maximum atomic E-state index is 8.84. The van der Waals surface area contributed by atoms with Gasteiger partial charge in [0, 0.05) is 10.2 Å². The van der Waals surface area contributed by atoms with Gasteiger partial charge in [0.15, 0.2) is 11.6 Å². The summed E-state index contributed by atoms with van der Waals surface area (Å²) >= 11 is 3.36. The van der Waals surface area contributed by atoms with Gasteiger partial charge in [-0.3, -0.25) is 0 Å². The molecule has 0 bridgehead atoms. The van der Waals surface area contributed by atoms with E-state index in [9.17, 15) is 0 Å². The molecule has 2 aromatic rings. The molecule has 0 aliphatic heterocycles. The van der Waals surface area contributed by atoms with Crippen LogP contribution < -0.4 is 16.0 Å². The maximum Gasteiger partial charge on any atom is 0.159 e. The minimum atomic E-state index is 0.0203. The number of hydrogen-bond donors (Lipinski definition) is 2. The van der Waals surface area contributed by atoms with Crippen LogP contribution >= 0.6 is 15.9 Å². The molecule has 0 aliphatic carbocycles. The van der Waals surface area contributed by atoms with Crippen molar-refractivity contribution in [3.63, 3.8) is 0 Å². The van der Waals surface area contributed by atoms with Gasteiger partial charge in [0.2, 0.25) is 0 Å². The second-order valence-corrected chi connectivity index (χ2v) is 5.18. The number of halogens is 1. The first-order valence-corrected chi connectivity index (χ1v) is 7.07. The third-order valence-corrected chi connectivity index (χ3v) is 3.32. The molecule has 22 heavy (non-hydrogen) atoms. The summed E-state index contributed by atoms with van der Waals surface area (Å²) < 4.78 is 0.962. The van der Waals surface area contributed by atoms with Crippen LogP contribution in [0, 0.1) is 22.7 Å². The van der Waals surface area contributed by atoms with E-state index in [1.807, 2.05) is 36.4 Å². The van der Waals surface area contributed by atoms with Gasteiger partial charge in [0.25, 0.3) is 0 Å². The maximum absolute atomic E-state index is 8.84. The monoisotopic (exact) mass is 357 g/mol. The van der Waals surface area contributed by atoms with Crippen molar-refractivity contribution < 1.29 is 0 Å². The number of nitrogens with zero attached hydrogens (tertiary/aromatic N) is 5. The smallest absolute Gasteiger partial charge is 0.159 e. The summed E-state index contributed by atoms with van der Waals surface area (Å²) in [7, 11) is 0. The van der Waals surface area contributed by atoms with Crippen LogP contribution in [0.2, 0.25) is 0 Å². The van der Waals surface area contributed by atoms with Crippen molar-refractivity contribution in [2.75, 3.05) is 29.0 Å². The quantitative estimate of drug-likeness (QED) is 0.789. The van der Waals surface area contributed by atoms with Crippen LogP contribution in [0.5, 0.6) is 0 Å². The first kappa shape index (κ1) is 15.5. The molecule has 8 heteroatoms. The van der Waals surface area contributed by atoms with Crippen molar-refractivity contribution >= 4 is 38.9 Å². The molecule has 0 aliphatic rings. The van der Waals surface area contributed by atoms with Gasteiger partial charge in [0.05, 0.1) is 12.1 Å². The Morgan fingerprint density at radius 2 is 1.77 bits per heavy atom. The topological polar surface area (TPSA) is 115 Å². The molecule has 7 nitrogen and oxygen atoms in total. The Kier molecular flexibility index (Phi) is 5.12. The fraction of sp³-hybridized carbons (Fsp3) is 0.143. The van der Waals surface area contributed by atoms with E-state index in [4.69, 9.17) is 16.3 Å². The van der Waals surface area contributed by atoms with Crippen molar-refractivity contribution in [1.82, 2.24) is 9.97 Å². The molecule has 110 valence electrons. The van der Waals surface area contributed by atoms with Gasteiger partial charge in [-0.15, -0.1) is 0 Å². The van der Waals surface area contributed by atoms with E-state index >= 15 is 0 Å². The minimum Gasteiger partial charge on any atom is -0.393 e. The highest BCUT2D eigenvalue weighted by molar-refractivity contribution is 9.10.